The summed E-state index contributed by atoms with van der Waals surface area (Å²) in [5.41, 5.74) is 4.77. The zero-order valence-electron chi connectivity index (χ0n) is 8.60. The van der Waals surface area contributed by atoms with Crippen LogP contribution >= 0.6 is 0 Å². The average molecular weight is 229 g/mol. The predicted octanol–water partition coefficient (Wildman–Crippen LogP) is 1.16. The summed E-state index contributed by atoms with van der Waals surface area (Å²) in [5, 5.41) is 0. The monoisotopic (exact) mass is 229 g/mol. The van der Waals surface area contributed by atoms with E-state index < -0.39 is 12.2 Å². The molecule has 0 aliphatic heterocycles. The van der Waals surface area contributed by atoms with Gasteiger partial charge in [-0.1, -0.05) is 0 Å². The van der Waals surface area contributed by atoms with Gasteiger partial charge in [-0.2, -0.15) is 0 Å². The maximum atomic E-state index is 10.6. The third kappa shape index (κ3) is 3.91. The van der Waals surface area contributed by atoms with Crippen LogP contribution in [-0.4, -0.2) is 19.4 Å². The first-order valence-electron chi connectivity index (χ1n) is 4.32. The van der Waals surface area contributed by atoms with E-state index in [1.54, 1.807) is 12.1 Å². The normalized spacial score (nSPS) is 9.56. The van der Waals surface area contributed by atoms with Crippen molar-refractivity contribution in [1.29, 1.82) is 0 Å². The third-order valence-electron chi connectivity index (χ3n) is 1.57. The molecule has 0 aliphatic carbocycles. The molecule has 0 atom stereocenters. The number of hydrogen-bond donors (Lipinski definition) is 1. The number of carbonyl (C=O) groups is 2. The second-order valence-electron chi connectivity index (χ2n) is 2.72. The highest BCUT2D eigenvalue weighted by Gasteiger charge is 2.07. The molecule has 0 fully saturated rings. The zero-order valence-corrected chi connectivity index (χ0v) is 8.60. The molecule has 1 rings (SSSR count). The lowest BCUT2D eigenvalue weighted by molar-refractivity contribution is 0.0607. The van der Waals surface area contributed by atoms with Crippen LogP contribution < -0.4 is 5.73 Å². The Labute approximate surface area is 91.1 Å². The molecule has 16 heavy (non-hydrogen) atoms. The molecule has 0 saturated heterocycles. The van der Waals surface area contributed by atoms with Gasteiger partial charge >= 0.3 is 12.2 Å². The molecule has 0 saturated carbocycles. The molecule has 88 valence electrons. The second kappa shape index (κ2) is 5.64. The quantitative estimate of drug-likeness (QED) is 0.777. The van der Waals surface area contributed by atoms with Gasteiger partial charge in [0.25, 0.3) is 0 Å². The van der Waals surface area contributed by atoms with E-state index in [0.29, 0.717) is 11.5 Å². The number of rotatable bonds is 4. The summed E-state index contributed by atoms with van der Waals surface area (Å²) >= 11 is 0. The van der Waals surface area contributed by atoms with Gasteiger partial charge in [-0.3, -0.25) is 0 Å². The molecule has 7 nitrogen and oxygen atoms in total. The third-order valence-corrected chi connectivity index (χ3v) is 1.57. The summed E-state index contributed by atoms with van der Waals surface area (Å²) < 4.78 is 18.6. The second-order valence-corrected chi connectivity index (χ2v) is 2.72. The summed E-state index contributed by atoms with van der Waals surface area (Å²) in [6.07, 6.45) is -1.69. The van der Waals surface area contributed by atoms with Gasteiger partial charge in [0.2, 0.25) is 0 Å². The highest BCUT2D eigenvalue weighted by atomic mass is 16.7. The van der Waals surface area contributed by atoms with Crippen molar-refractivity contribution in [2.45, 2.75) is 13.2 Å². The van der Waals surface area contributed by atoms with E-state index in [2.05, 4.69) is 14.2 Å². The molecule has 0 spiro atoms. The van der Waals surface area contributed by atoms with Gasteiger partial charge in [0.1, 0.15) is 11.5 Å². The number of primary amides is 1. The van der Waals surface area contributed by atoms with Crippen molar-refractivity contribution in [2.24, 2.45) is 5.73 Å². The largest absolute Gasteiger partial charge is 0.508 e. The van der Waals surface area contributed by atoms with Crippen molar-refractivity contribution >= 4 is 12.2 Å². The van der Waals surface area contributed by atoms with Gasteiger partial charge in [-0.25, -0.2) is 9.59 Å². The van der Waals surface area contributed by atoms with Gasteiger partial charge in [0, 0.05) is 0 Å². The zero-order chi connectivity index (χ0) is 12.0. The molecule has 0 unspecified atom stereocenters. The maximum Gasteiger partial charge on any atom is 0.508 e. The van der Waals surface area contributed by atoms with Crippen molar-refractivity contribution in [3.63, 3.8) is 0 Å². The average Bonchev–Trinajstić information content (AvgIpc) is 2.71. The Morgan fingerprint density at radius 3 is 2.31 bits per heavy atom. The Morgan fingerprint density at radius 1 is 1.25 bits per heavy atom. The van der Waals surface area contributed by atoms with E-state index in [-0.39, 0.29) is 13.2 Å². The van der Waals surface area contributed by atoms with Crippen LogP contribution in [0.3, 0.4) is 0 Å². The maximum absolute atomic E-state index is 10.6. The number of carbonyl (C=O) groups excluding carboxylic acids is 2. The van der Waals surface area contributed by atoms with E-state index in [1.165, 1.54) is 7.11 Å². The topological polar surface area (TPSA) is 101 Å². The molecule has 1 aromatic heterocycles. The number of furan rings is 1. The molecular formula is C9H11NO6. The van der Waals surface area contributed by atoms with Crippen LogP contribution in [0.1, 0.15) is 11.5 Å². The number of hydrogen-bond acceptors (Lipinski definition) is 6. The standard InChI is InChI=1S/C9H11NO6/c1-13-9(12)15-5-7-3-2-6(16-7)4-14-8(10)11/h2-3H,4-5H2,1H3,(H2,10,11). The number of methoxy groups -OCH3 is 1. The minimum absolute atomic E-state index is 0.0523. The Morgan fingerprint density at radius 2 is 1.81 bits per heavy atom. The minimum Gasteiger partial charge on any atom is -0.459 e. The van der Waals surface area contributed by atoms with E-state index in [9.17, 15) is 9.59 Å². The van der Waals surface area contributed by atoms with Crippen molar-refractivity contribution in [3.8, 4) is 0 Å². The molecule has 1 amide bonds. The fraction of sp³-hybridized carbons (Fsp3) is 0.333. The number of nitrogens with two attached hydrogens (primary N) is 1. The Bertz CT molecular complexity index is 372. The highest BCUT2D eigenvalue weighted by molar-refractivity contribution is 5.64. The molecule has 2 N–H and O–H groups in total. The molecule has 0 aromatic carbocycles. The molecule has 0 radical (unpaired) electrons. The first-order chi connectivity index (χ1) is 7.61. The van der Waals surface area contributed by atoms with Crippen LogP contribution in [0.25, 0.3) is 0 Å². The molecule has 1 aromatic rings. The van der Waals surface area contributed by atoms with Crippen molar-refractivity contribution in [1.82, 2.24) is 0 Å². The van der Waals surface area contributed by atoms with E-state index in [1.807, 2.05) is 0 Å². The van der Waals surface area contributed by atoms with Crippen molar-refractivity contribution in [2.75, 3.05) is 7.11 Å². The Hall–Kier alpha value is -2.18. The van der Waals surface area contributed by atoms with Gasteiger partial charge in [-0.05, 0) is 12.1 Å². The summed E-state index contributed by atoms with van der Waals surface area (Å²) in [6.45, 7) is -0.114. The van der Waals surface area contributed by atoms with Crippen LogP contribution in [0.15, 0.2) is 16.5 Å². The smallest absolute Gasteiger partial charge is 0.459 e. The lowest BCUT2D eigenvalue weighted by Crippen LogP contribution is -2.12. The van der Waals surface area contributed by atoms with Gasteiger partial charge in [0.15, 0.2) is 13.2 Å². The minimum atomic E-state index is -0.885. The molecule has 0 aliphatic rings. The van der Waals surface area contributed by atoms with E-state index in [4.69, 9.17) is 10.2 Å². The SMILES string of the molecule is COC(=O)OCc1ccc(COC(N)=O)o1. The number of amides is 1. The van der Waals surface area contributed by atoms with Gasteiger partial charge < -0.3 is 24.4 Å². The van der Waals surface area contributed by atoms with Crippen LogP contribution in [0.4, 0.5) is 9.59 Å². The highest BCUT2D eigenvalue weighted by Crippen LogP contribution is 2.10. The lowest BCUT2D eigenvalue weighted by atomic mass is 10.4. The predicted molar refractivity (Wildman–Crippen MR) is 50.3 cm³/mol. The van der Waals surface area contributed by atoms with Crippen LogP contribution in [0.2, 0.25) is 0 Å². The summed E-state index contributed by atoms with van der Waals surface area (Å²) in [5.74, 6) is 0.815. The van der Waals surface area contributed by atoms with Crippen LogP contribution in [0, 0.1) is 0 Å². The molecule has 1 heterocycles. The van der Waals surface area contributed by atoms with Crippen LogP contribution in [0.5, 0.6) is 0 Å². The summed E-state index contributed by atoms with van der Waals surface area (Å²) in [4.78, 5) is 20.9. The fourth-order valence-electron chi connectivity index (χ4n) is 0.909. The van der Waals surface area contributed by atoms with E-state index >= 15 is 0 Å². The Kier molecular flexibility index (Phi) is 4.19. The first-order valence-corrected chi connectivity index (χ1v) is 4.32. The van der Waals surface area contributed by atoms with Gasteiger partial charge in [-0.15, -0.1) is 0 Å². The van der Waals surface area contributed by atoms with Crippen molar-refractivity contribution in [3.05, 3.63) is 23.7 Å². The van der Waals surface area contributed by atoms with Crippen molar-refractivity contribution < 1.29 is 28.2 Å². The Balaban J connectivity index is 2.39. The lowest BCUT2D eigenvalue weighted by Gasteiger charge is -2.00. The summed E-state index contributed by atoms with van der Waals surface area (Å²) in [6, 6.07) is 3.17. The fourth-order valence-corrected chi connectivity index (χ4v) is 0.909. The summed E-state index contributed by atoms with van der Waals surface area (Å²) in [7, 11) is 1.20. The van der Waals surface area contributed by atoms with E-state index in [0.717, 1.165) is 0 Å². The van der Waals surface area contributed by atoms with Crippen LogP contribution in [-0.2, 0) is 27.4 Å². The first kappa shape index (κ1) is 11.9. The number of ether oxygens (including phenoxy) is 3. The molecule has 0 bridgehead atoms. The van der Waals surface area contributed by atoms with Gasteiger partial charge in [0.05, 0.1) is 7.11 Å². The molecular weight excluding hydrogens is 218 g/mol. The molecule has 7 heteroatoms.